The van der Waals surface area contributed by atoms with Crippen LogP contribution in [0.2, 0.25) is 0 Å². The quantitative estimate of drug-likeness (QED) is 0.102. The van der Waals surface area contributed by atoms with Gasteiger partial charge in [0, 0.05) is 148 Å². The third-order valence-corrected chi connectivity index (χ3v) is 11.1. The second-order valence-corrected chi connectivity index (χ2v) is 15.5. The van der Waals surface area contributed by atoms with Crippen molar-refractivity contribution >= 4 is 0 Å². The van der Waals surface area contributed by atoms with Crippen LogP contribution in [0.25, 0.3) is 0 Å². The van der Waals surface area contributed by atoms with Crippen LogP contribution in [0.5, 0.6) is 0 Å². The van der Waals surface area contributed by atoms with Crippen molar-refractivity contribution in [1.82, 2.24) is 19.9 Å². The van der Waals surface area contributed by atoms with E-state index in [4.69, 9.17) is 48.4 Å². The average Bonchev–Trinajstić information content (AvgIpc) is 4.22. The molecule has 0 saturated carbocycles. The maximum Gasteiger partial charge on any atom is 0.0768 e. The number of nitrogens with zero attached hydrogens (tertiary/aromatic N) is 4. The zero-order chi connectivity index (χ0) is 44.6. The van der Waals surface area contributed by atoms with E-state index in [1.807, 2.05) is 24.3 Å². The Kier molecular flexibility index (Phi) is 19.1. The maximum atomic E-state index is 5.33. The van der Waals surface area contributed by atoms with Crippen LogP contribution in [0.3, 0.4) is 0 Å². The fourth-order valence-corrected chi connectivity index (χ4v) is 8.01. The van der Waals surface area contributed by atoms with Gasteiger partial charge >= 0.3 is 0 Å². The van der Waals surface area contributed by atoms with Crippen LogP contribution in [0, 0.1) is 23.7 Å². The summed E-state index contributed by atoms with van der Waals surface area (Å²) in [5.74, 6) is 3.91. The van der Waals surface area contributed by atoms with Gasteiger partial charge in [0.2, 0.25) is 0 Å². The molecule has 1 saturated heterocycles. The van der Waals surface area contributed by atoms with Crippen LogP contribution in [0.15, 0.2) is 170 Å². The smallest absolute Gasteiger partial charge is 0.0768 e. The molecule has 11 nitrogen and oxygen atoms in total. The van der Waals surface area contributed by atoms with Gasteiger partial charge in [0.25, 0.3) is 0 Å². The molecule has 4 aromatic heterocycles. The van der Waals surface area contributed by atoms with Gasteiger partial charge in [-0.2, -0.15) is 0 Å². The first kappa shape index (κ1) is 50.0. The summed E-state index contributed by atoms with van der Waals surface area (Å²) in [5, 5.41) is 0. The molecule has 8 aromatic rings. The number of hydrogen-bond donors (Lipinski definition) is 0. The molecule has 0 unspecified atom stereocenters. The van der Waals surface area contributed by atoms with E-state index in [0.717, 1.165) is 91.5 Å². The van der Waals surface area contributed by atoms with Gasteiger partial charge in [-0.05, 0) is 118 Å². The molecule has 0 spiro atoms. The van der Waals surface area contributed by atoms with E-state index in [1.54, 1.807) is 0 Å². The molecular weight excluding hydrogens is 953 g/mol. The van der Waals surface area contributed by atoms with Gasteiger partial charge < -0.3 is 53.8 Å². The zero-order valence-electron chi connectivity index (χ0n) is 38.2. The van der Waals surface area contributed by atoms with Crippen LogP contribution in [-0.2, 0) is 61.2 Å². The number of aromatic nitrogens is 4. The van der Waals surface area contributed by atoms with E-state index >= 15 is 0 Å². The van der Waals surface area contributed by atoms with Gasteiger partial charge in [-0.25, -0.2) is 0 Å². The fraction of sp³-hybridized carbons (Fsp3) is 0.214. The summed E-state index contributed by atoms with van der Waals surface area (Å²) in [6.07, 6.45) is 0. The Balaban J connectivity index is 0.000000292. The van der Waals surface area contributed by atoms with Crippen LogP contribution < -0.4 is 19.9 Å². The van der Waals surface area contributed by atoms with Crippen LogP contribution >= 0.6 is 0 Å². The molecule has 1 fully saturated rings. The molecule has 0 radical (unpaired) electrons. The molecule has 10 rings (SSSR count). The summed E-state index contributed by atoms with van der Waals surface area (Å²) < 4.78 is 32.0. The molecule has 4 aromatic carbocycles. The van der Waals surface area contributed by atoms with Gasteiger partial charge in [0.15, 0.2) is 0 Å². The molecule has 0 atom stereocenters. The monoisotopic (exact) mass is 1010 g/mol. The molecule has 6 heterocycles. The Labute approximate surface area is 419 Å². The first-order valence-corrected chi connectivity index (χ1v) is 22.5. The Morgan fingerprint density at radius 3 is 0.529 bits per heavy atom. The molecule has 0 amide bonds. The van der Waals surface area contributed by atoms with Crippen molar-refractivity contribution in [3.05, 3.63) is 261 Å². The van der Waals surface area contributed by atoms with Crippen LogP contribution in [0.4, 0.5) is 0 Å². The minimum Gasteiger partial charge on any atom is -0.628 e. The molecule has 8 bridgehead atoms. The number of benzene rings is 4. The molecule has 3 N–H and O–H groups in total. The van der Waals surface area contributed by atoms with E-state index < -0.39 is 0 Å². The fourth-order valence-electron chi connectivity index (χ4n) is 8.01. The average molecular weight is 1010 g/mol. The topological polar surface area (TPSA) is 145 Å². The van der Waals surface area contributed by atoms with E-state index in [2.05, 4.69) is 146 Å². The van der Waals surface area contributed by atoms with E-state index in [9.17, 15) is 0 Å². The van der Waals surface area contributed by atoms with Gasteiger partial charge in [0.05, 0.1) is 102 Å². The minimum atomic E-state index is 0. The summed E-state index contributed by atoms with van der Waals surface area (Å²) >= 11 is 0. The summed E-state index contributed by atoms with van der Waals surface area (Å²) in [6.45, 7) is 7.04. The van der Waals surface area contributed by atoms with Crippen molar-refractivity contribution in [3.63, 3.8) is 0 Å². The van der Waals surface area contributed by atoms with Crippen molar-refractivity contribution in [2.24, 2.45) is 0 Å². The number of fused-ring (bicyclic) bond motifs is 8. The Bertz CT molecular complexity index is 2140. The summed E-state index contributed by atoms with van der Waals surface area (Å²) in [6, 6.07) is 58.4. The molecule has 12 heteroatoms. The number of rotatable bonds is 4. The largest absolute Gasteiger partial charge is 0.628 e. The minimum absolute atomic E-state index is 0. The molecule has 2 aliphatic rings. The predicted octanol–water partition coefficient (Wildman–Crippen LogP) is 7.08. The third kappa shape index (κ3) is 12.8. The van der Waals surface area contributed by atoms with Crippen molar-refractivity contribution in [2.75, 3.05) is 79.3 Å². The first-order valence-electron chi connectivity index (χ1n) is 22.5. The van der Waals surface area contributed by atoms with Gasteiger partial charge in [-0.1, -0.05) is 0 Å². The van der Waals surface area contributed by atoms with E-state index in [1.165, 1.54) is 0 Å². The van der Waals surface area contributed by atoms with E-state index in [-0.39, 0.29) is 32.8 Å². The molecule has 2 aliphatic heterocycles. The normalized spacial score (nSPS) is 15.4. The second-order valence-electron chi connectivity index (χ2n) is 15.5. The Morgan fingerprint density at radius 2 is 0.382 bits per heavy atom. The van der Waals surface area contributed by atoms with Crippen molar-refractivity contribution in [3.8, 4) is 0 Å². The van der Waals surface area contributed by atoms with Crippen molar-refractivity contribution in [2.45, 2.75) is 0 Å². The molecule has 342 valence electrons. The molecular formula is C56H55CdN4O7+. The molecule has 68 heavy (non-hydrogen) atoms. The number of hydrogen-bond acceptors (Lipinski definition) is 6. The Morgan fingerprint density at radius 1 is 0.235 bits per heavy atom. The standard InChI is InChI=1S/C44H28N4.C12H24O6.Cd.H2O/c1-5-13-29(14-6-1)41-33-21-23-35(45-33)42(30-15-7-2-8-16-30)37-25-27-39(47-37)44(32-19-11-4-12-20-32)40-28-26-38(48-40)43(31-17-9-3-10-18-31)36-24-22-34(41)46-36;1-2-14-5-6-16-9-10-18-12-11-17-8-7-15-4-3-13-1;;/h1-28H;1-12H2;;1H2/p+1. The number of ether oxygens (including phenoxy) is 6. The van der Waals surface area contributed by atoms with Gasteiger partial charge in [-0.3, -0.25) is 0 Å². The predicted molar refractivity (Wildman–Crippen MR) is 257 cm³/mol. The van der Waals surface area contributed by atoms with E-state index in [0.29, 0.717) is 79.3 Å². The van der Waals surface area contributed by atoms with Crippen molar-refractivity contribution < 1.29 is 61.2 Å². The third-order valence-electron chi connectivity index (χ3n) is 11.1. The van der Waals surface area contributed by atoms with Crippen LogP contribution in [-0.4, -0.2) is 79.3 Å². The van der Waals surface area contributed by atoms with Gasteiger partial charge in [-0.15, -0.1) is 0 Å². The summed E-state index contributed by atoms with van der Waals surface area (Å²) in [7, 11) is 0. The Hall–Kier alpha value is -5.88. The van der Waals surface area contributed by atoms with Crippen molar-refractivity contribution in [1.29, 1.82) is 0 Å². The zero-order valence-corrected chi connectivity index (χ0v) is 42.2. The SMILES string of the molecule is C1COCCOCCOCCOCCOCCO1.[Cd].[OH3+].c1ccc([C+]2c3ccc([n-]3)[C+](c3ccccc3)c3ccc([n-]3)[C+](c3ccccc3)c3ccc([n-]3)[C+](c3ccccc3)c3ccc2[n-]3)cc1. The summed E-state index contributed by atoms with van der Waals surface area (Å²) in [4.78, 5) is 21.2. The first-order chi connectivity index (χ1) is 32.8. The second kappa shape index (κ2) is 26.0. The maximum absolute atomic E-state index is 5.33. The summed E-state index contributed by atoms with van der Waals surface area (Å²) in [5.41, 5.74) is 11.1. The van der Waals surface area contributed by atoms with Gasteiger partial charge in [0.1, 0.15) is 0 Å². The van der Waals surface area contributed by atoms with Crippen LogP contribution in [0.1, 0.15) is 67.8 Å². The molecule has 0 aliphatic carbocycles.